The lowest BCUT2D eigenvalue weighted by Crippen LogP contribution is -2.02. The van der Waals surface area contributed by atoms with Crippen LogP contribution in [0.3, 0.4) is 0 Å². The molecule has 0 saturated heterocycles. The molecule has 1 aromatic heterocycles. The summed E-state index contributed by atoms with van der Waals surface area (Å²) >= 11 is 5.70. The number of halogens is 1. The maximum absolute atomic E-state index is 11.2. The van der Waals surface area contributed by atoms with Crippen LogP contribution in [0.25, 0.3) is 0 Å². The number of ether oxygens (including phenoxy) is 1. The number of carbonyl (C=O) groups is 1. The highest BCUT2D eigenvalue weighted by Crippen LogP contribution is 2.23. The highest BCUT2D eigenvalue weighted by Gasteiger charge is 2.13. The topological polar surface area (TPSA) is 39.2 Å². The van der Waals surface area contributed by atoms with E-state index >= 15 is 0 Å². The van der Waals surface area contributed by atoms with Crippen molar-refractivity contribution in [3.63, 3.8) is 0 Å². The molecule has 0 unspecified atom stereocenters. The van der Waals surface area contributed by atoms with E-state index in [0.29, 0.717) is 10.7 Å². The summed E-state index contributed by atoms with van der Waals surface area (Å²) in [5.74, 6) is 0.219. The maximum Gasteiger partial charge on any atom is 0.225 e. The van der Waals surface area contributed by atoms with Crippen LogP contribution >= 0.6 is 11.6 Å². The predicted molar refractivity (Wildman–Crippen MR) is 57.3 cm³/mol. The highest BCUT2D eigenvalue weighted by atomic mass is 35.5. The van der Waals surface area contributed by atoms with E-state index in [1.807, 2.05) is 0 Å². The molecule has 0 radical (unpaired) electrons. The van der Waals surface area contributed by atoms with Crippen molar-refractivity contribution < 1.29 is 9.53 Å². The molecule has 0 aliphatic carbocycles. The minimum Gasteiger partial charge on any atom is -0.480 e. The Labute approximate surface area is 89.1 Å². The van der Waals surface area contributed by atoms with Gasteiger partial charge >= 0.3 is 0 Å². The maximum atomic E-state index is 11.2. The molecule has 0 N–H and O–H groups in total. The van der Waals surface area contributed by atoms with E-state index in [1.54, 1.807) is 13.0 Å². The Kier molecular flexibility index (Phi) is 4.57. The van der Waals surface area contributed by atoms with Gasteiger partial charge in [0.05, 0.1) is 12.7 Å². The number of pyridine rings is 1. The van der Waals surface area contributed by atoms with Crippen LogP contribution in [0.5, 0.6) is 5.88 Å². The van der Waals surface area contributed by atoms with Gasteiger partial charge in [-0.1, -0.05) is 19.0 Å². The van der Waals surface area contributed by atoms with Gasteiger partial charge in [-0.05, 0) is 25.5 Å². The van der Waals surface area contributed by atoms with Crippen molar-refractivity contribution in [2.24, 2.45) is 0 Å². The molecule has 1 heterocycles. The van der Waals surface area contributed by atoms with Gasteiger partial charge in [0, 0.05) is 0 Å². The molecule has 0 spiro atoms. The van der Waals surface area contributed by atoms with E-state index in [9.17, 15) is 4.79 Å². The van der Waals surface area contributed by atoms with Crippen LogP contribution in [0.15, 0.2) is 6.07 Å². The van der Waals surface area contributed by atoms with Crippen molar-refractivity contribution in [1.29, 1.82) is 0 Å². The molecule has 0 aliphatic heterocycles. The van der Waals surface area contributed by atoms with Crippen LogP contribution in [-0.2, 0) is 0 Å². The molecule has 0 aromatic carbocycles. The Balaban J connectivity index is 0.00000169. The molecule has 0 saturated carbocycles. The monoisotopic (exact) mass is 215 g/mol. The van der Waals surface area contributed by atoms with Crippen LogP contribution < -0.4 is 4.74 Å². The highest BCUT2D eigenvalue weighted by molar-refractivity contribution is 6.29. The van der Waals surface area contributed by atoms with Crippen LogP contribution in [0.1, 0.15) is 30.3 Å². The smallest absolute Gasteiger partial charge is 0.225 e. The summed E-state index contributed by atoms with van der Waals surface area (Å²) in [5, 5.41) is 0.333. The number of ketones is 1. The first-order chi connectivity index (χ1) is 6.06. The fourth-order valence-corrected chi connectivity index (χ4v) is 1.42. The summed E-state index contributed by atoms with van der Waals surface area (Å²) in [6, 6.07) is 1.64. The molecule has 1 aromatic rings. The Hall–Kier alpha value is -1.09. The van der Waals surface area contributed by atoms with Gasteiger partial charge in [-0.15, -0.1) is 0 Å². The van der Waals surface area contributed by atoms with Crippen LogP contribution in [-0.4, -0.2) is 17.9 Å². The van der Waals surface area contributed by atoms with Gasteiger partial charge in [0.2, 0.25) is 5.88 Å². The number of methoxy groups -OCH3 is 1. The summed E-state index contributed by atoms with van der Waals surface area (Å²) in [5.41, 5.74) is 1.27. The van der Waals surface area contributed by atoms with Gasteiger partial charge in [0.1, 0.15) is 5.15 Å². The number of aryl methyl sites for hydroxylation is 1. The van der Waals surface area contributed by atoms with Gasteiger partial charge in [0.15, 0.2) is 5.78 Å². The van der Waals surface area contributed by atoms with Crippen LogP contribution in [0, 0.1) is 6.92 Å². The summed E-state index contributed by atoms with van der Waals surface area (Å²) < 4.78 is 4.95. The molecular weight excluding hydrogens is 202 g/mol. The number of rotatable bonds is 2. The van der Waals surface area contributed by atoms with Crippen LogP contribution in [0.2, 0.25) is 5.15 Å². The first-order valence-corrected chi connectivity index (χ1v) is 4.16. The second-order valence-electron chi connectivity index (χ2n) is 2.70. The first kappa shape index (κ1) is 12.9. The van der Waals surface area contributed by atoms with Gasteiger partial charge < -0.3 is 4.74 Å². The summed E-state index contributed by atoms with van der Waals surface area (Å²) in [6.07, 6.45) is 0. The molecule has 4 heteroatoms. The van der Waals surface area contributed by atoms with Crippen LogP contribution in [0.4, 0.5) is 0 Å². The zero-order chi connectivity index (χ0) is 10.0. The third-order valence-electron chi connectivity index (χ3n) is 1.70. The van der Waals surface area contributed by atoms with Crippen molar-refractivity contribution in [2.75, 3.05) is 7.11 Å². The molecule has 0 fully saturated rings. The minimum absolute atomic E-state index is 0. The summed E-state index contributed by atoms with van der Waals surface area (Å²) in [4.78, 5) is 15.1. The normalized spacial score (nSPS) is 9.14. The Morgan fingerprint density at radius 3 is 2.57 bits per heavy atom. The molecule has 14 heavy (non-hydrogen) atoms. The van der Waals surface area contributed by atoms with Gasteiger partial charge in [-0.2, -0.15) is 0 Å². The van der Waals surface area contributed by atoms with Crippen molar-refractivity contribution in [2.45, 2.75) is 21.3 Å². The largest absolute Gasteiger partial charge is 0.480 e. The number of hydrogen-bond acceptors (Lipinski definition) is 3. The van der Waals surface area contributed by atoms with Crippen molar-refractivity contribution in [3.05, 3.63) is 22.3 Å². The number of nitrogens with zero attached hydrogens (tertiary/aromatic N) is 1. The SMILES string of the molecule is C.COc1nc(Cl)cc(C)c1C(C)=O. The van der Waals surface area contributed by atoms with E-state index in [0.717, 1.165) is 5.56 Å². The molecule has 0 amide bonds. The lowest BCUT2D eigenvalue weighted by Gasteiger charge is -2.07. The van der Waals surface area contributed by atoms with E-state index in [2.05, 4.69) is 4.98 Å². The number of aromatic nitrogens is 1. The average molecular weight is 216 g/mol. The fourth-order valence-electron chi connectivity index (χ4n) is 1.18. The molecule has 0 aliphatic rings. The Bertz CT molecular complexity index is 350. The van der Waals surface area contributed by atoms with Crippen molar-refractivity contribution in [3.8, 4) is 5.88 Å². The van der Waals surface area contributed by atoms with Crippen molar-refractivity contribution >= 4 is 17.4 Å². The molecule has 78 valence electrons. The minimum atomic E-state index is -0.0708. The predicted octanol–water partition coefficient (Wildman–Crippen LogP) is 2.89. The van der Waals surface area contributed by atoms with E-state index in [1.165, 1.54) is 14.0 Å². The summed E-state index contributed by atoms with van der Waals surface area (Å²) in [7, 11) is 1.46. The third kappa shape index (κ3) is 2.45. The first-order valence-electron chi connectivity index (χ1n) is 3.78. The molecule has 1 rings (SSSR count). The molecular formula is C10H14ClNO2. The van der Waals surface area contributed by atoms with E-state index < -0.39 is 0 Å². The summed E-state index contributed by atoms with van der Waals surface area (Å²) in [6.45, 7) is 3.27. The molecule has 3 nitrogen and oxygen atoms in total. The Morgan fingerprint density at radius 2 is 2.14 bits per heavy atom. The second kappa shape index (κ2) is 4.96. The zero-order valence-electron chi connectivity index (χ0n) is 7.72. The third-order valence-corrected chi connectivity index (χ3v) is 1.89. The zero-order valence-corrected chi connectivity index (χ0v) is 8.47. The lowest BCUT2D eigenvalue weighted by molar-refractivity contribution is 0.101. The number of hydrogen-bond donors (Lipinski definition) is 0. The quantitative estimate of drug-likeness (QED) is 0.563. The second-order valence-corrected chi connectivity index (χ2v) is 3.09. The van der Waals surface area contributed by atoms with E-state index in [4.69, 9.17) is 16.3 Å². The number of Topliss-reactive ketones (excluding diaryl/α,β-unsaturated/α-hetero) is 1. The van der Waals surface area contributed by atoms with Gasteiger partial charge in [-0.25, -0.2) is 4.98 Å². The average Bonchev–Trinajstić information content (AvgIpc) is 2.01. The molecule has 0 bridgehead atoms. The molecule has 0 atom stereocenters. The van der Waals surface area contributed by atoms with E-state index in [-0.39, 0.29) is 19.1 Å². The lowest BCUT2D eigenvalue weighted by atomic mass is 10.1. The number of carbonyl (C=O) groups excluding carboxylic acids is 1. The Morgan fingerprint density at radius 1 is 1.57 bits per heavy atom. The fraction of sp³-hybridized carbons (Fsp3) is 0.400. The van der Waals surface area contributed by atoms with Gasteiger partial charge in [-0.3, -0.25) is 4.79 Å². The standard InChI is InChI=1S/C9H10ClNO2.CH4/c1-5-4-7(10)11-9(13-3)8(5)6(2)12;/h4H,1-3H3;1H4. The van der Waals surface area contributed by atoms with Crippen molar-refractivity contribution in [1.82, 2.24) is 4.98 Å². The van der Waals surface area contributed by atoms with Gasteiger partial charge in [0.25, 0.3) is 0 Å².